The summed E-state index contributed by atoms with van der Waals surface area (Å²) in [6.45, 7) is 6.15. The zero-order chi connectivity index (χ0) is 15.2. The first-order chi connectivity index (χ1) is 9.91. The predicted octanol–water partition coefficient (Wildman–Crippen LogP) is 2.51. The zero-order valence-electron chi connectivity index (χ0n) is 12.8. The number of benzene rings is 1. The van der Waals surface area contributed by atoms with Gasteiger partial charge < -0.3 is 4.74 Å². The highest BCUT2D eigenvalue weighted by atomic mass is 28.3. The van der Waals surface area contributed by atoms with Crippen LogP contribution in [0.1, 0.15) is 19.8 Å². The van der Waals surface area contributed by atoms with Gasteiger partial charge in [-0.15, -0.1) is 0 Å². The van der Waals surface area contributed by atoms with E-state index in [1.807, 2.05) is 6.07 Å². The molecule has 3 rings (SSSR count). The summed E-state index contributed by atoms with van der Waals surface area (Å²) >= 11 is 0. The molecule has 112 valence electrons. The number of rotatable bonds is 3. The van der Waals surface area contributed by atoms with Crippen LogP contribution in [0.2, 0.25) is 18.6 Å². The van der Waals surface area contributed by atoms with Gasteiger partial charge in [0.2, 0.25) is 0 Å². The zero-order valence-corrected chi connectivity index (χ0v) is 13.8. The van der Waals surface area contributed by atoms with Crippen molar-refractivity contribution < 1.29 is 14.3 Å². The molecular formula is C17H22O3Si. The second-order valence-electron chi connectivity index (χ2n) is 6.94. The molecule has 0 heterocycles. The topological polar surface area (TPSA) is 43.4 Å². The summed E-state index contributed by atoms with van der Waals surface area (Å²) in [5, 5.41) is 1.38. The number of fused-ring (bicyclic) bond motifs is 1. The van der Waals surface area contributed by atoms with Gasteiger partial charge in [0.05, 0.1) is 8.07 Å². The maximum Gasteiger partial charge on any atom is 0.302 e. The molecule has 0 saturated heterocycles. The molecule has 0 N–H and O–H groups in total. The van der Waals surface area contributed by atoms with Crippen molar-refractivity contribution in [1.82, 2.24) is 0 Å². The van der Waals surface area contributed by atoms with Crippen molar-refractivity contribution in [2.75, 3.05) is 0 Å². The normalized spacial score (nSPS) is 31.5. The first kappa shape index (κ1) is 14.5. The van der Waals surface area contributed by atoms with E-state index < -0.39 is 8.07 Å². The minimum Gasteiger partial charge on any atom is -0.463 e. The molecule has 1 aromatic carbocycles. The summed E-state index contributed by atoms with van der Waals surface area (Å²) in [7, 11) is -1.79. The van der Waals surface area contributed by atoms with E-state index >= 15 is 0 Å². The fraction of sp³-hybridized carbons (Fsp3) is 0.529. The van der Waals surface area contributed by atoms with Gasteiger partial charge in [-0.2, -0.15) is 0 Å². The van der Waals surface area contributed by atoms with Gasteiger partial charge >= 0.3 is 5.97 Å². The first-order valence-electron chi connectivity index (χ1n) is 7.66. The summed E-state index contributed by atoms with van der Waals surface area (Å²) in [5.74, 6) is 0.688. The molecule has 0 amide bonds. The van der Waals surface area contributed by atoms with Crippen molar-refractivity contribution in [3.05, 3.63) is 30.3 Å². The summed E-state index contributed by atoms with van der Waals surface area (Å²) in [5.41, 5.74) is 0.353. The van der Waals surface area contributed by atoms with Crippen LogP contribution in [-0.2, 0) is 14.3 Å². The molecule has 4 atom stereocenters. The second-order valence-corrected chi connectivity index (χ2v) is 11.6. The fourth-order valence-electron chi connectivity index (χ4n) is 4.35. The molecule has 0 unspecified atom stereocenters. The van der Waals surface area contributed by atoms with Crippen LogP contribution in [0, 0.1) is 11.8 Å². The lowest BCUT2D eigenvalue weighted by molar-refractivity contribution is -0.146. The van der Waals surface area contributed by atoms with Gasteiger partial charge in [0.25, 0.3) is 0 Å². The van der Waals surface area contributed by atoms with Gasteiger partial charge in [0, 0.05) is 19.3 Å². The van der Waals surface area contributed by atoms with Gasteiger partial charge in [0.15, 0.2) is 0 Å². The van der Waals surface area contributed by atoms with Crippen molar-refractivity contribution in [2.24, 2.45) is 11.8 Å². The standard InChI is InChI=1S/C17H22O3Si/c1-11(18)20-16-10-13-14(9-15(13)19)17(16)21(2,3)12-7-5-4-6-8-12/h4-8,13-14,16-17H,9-10H2,1-3H3/t13-,14-,16+,17-/m0/s1. The fourth-order valence-corrected chi connectivity index (χ4v) is 8.35. The Kier molecular flexibility index (Phi) is 3.52. The lowest BCUT2D eigenvalue weighted by Crippen LogP contribution is -2.53. The molecular weight excluding hydrogens is 280 g/mol. The van der Waals surface area contributed by atoms with Crippen LogP contribution in [0.15, 0.2) is 30.3 Å². The number of hydrogen-bond donors (Lipinski definition) is 0. The maximum atomic E-state index is 11.8. The Bertz CT molecular complexity index is 567. The first-order valence-corrected chi connectivity index (χ1v) is 10.7. The van der Waals surface area contributed by atoms with E-state index in [-0.39, 0.29) is 18.0 Å². The number of ketones is 1. The van der Waals surface area contributed by atoms with Crippen molar-refractivity contribution in [3.8, 4) is 0 Å². The molecule has 2 aliphatic rings. The van der Waals surface area contributed by atoms with Gasteiger partial charge in [0.1, 0.15) is 11.9 Å². The summed E-state index contributed by atoms with van der Waals surface area (Å²) in [6.07, 6.45) is 1.33. The van der Waals surface area contributed by atoms with Gasteiger partial charge in [-0.25, -0.2) is 0 Å². The molecule has 0 radical (unpaired) electrons. The van der Waals surface area contributed by atoms with E-state index in [1.54, 1.807) is 0 Å². The molecule has 1 aromatic rings. The van der Waals surface area contributed by atoms with Crippen LogP contribution < -0.4 is 5.19 Å². The molecule has 4 heteroatoms. The van der Waals surface area contributed by atoms with E-state index in [0.29, 0.717) is 23.7 Å². The molecule has 2 saturated carbocycles. The third-order valence-corrected chi connectivity index (χ3v) is 9.67. The van der Waals surface area contributed by atoms with Crippen molar-refractivity contribution in [1.29, 1.82) is 0 Å². The third-order valence-electron chi connectivity index (χ3n) is 5.38. The smallest absolute Gasteiger partial charge is 0.302 e. The number of carbonyl (C=O) groups excluding carboxylic acids is 2. The van der Waals surface area contributed by atoms with E-state index in [1.165, 1.54) is 12.1 Å². The summed E-state index contributed by atoms with van der Waals surface area (Å²) in [6, 6.07) is 10.5. The quantitative estimate of drug-likeness (QED) is 0.636. The van der Waals surface area contributed by atoms with E-state index in [4.69, 9.17) is 4.74 Å². The van der Waals surface area contributed by atoms with Gasteiger partial charge in [-0.1, -0.05) is 48.6 Å². The van der Waals surface area contributed by atoms with Crippen molar-refractivity contribution in [2.45, 2.75) is 44.5 Å². The molecule has 0 aliphatic heterocycles. The minimum atomic E-state index is -1.79. The molecule has 3 nitrogen and oxygen atoms in total. The summed E-state index contributed by atoms with van der Waals surface area (Å²) < 4.78 is 5.60. The predicted molar refractivity (Wildman–Crippen MR) is 84.1 cm³/mol. The SMILES string of the molecule is CC(=O)O[C@@H]1C[C@@H]2C(=O)C[C@@H]2[C@@H]1[Si](C)(C)c1ccccc1. The Morgan fingerprint density at radius 1 is 1.24 bits per heavy atom. The minimum absolute atomic E-state index is 0.0779. The van der Waals surface area contributed by atoms with Gasteiger partial charge in [-0.05, 0) is 17.9 Å². The number of carbonyl (C=O) groups is 2. The average Bonchev–Trinajstić information content (AvgIpc) is 2.72. The number of esters is 1. The molecule has 2 fully saturated rings. The second kappa shape index (κ2) is 5.09. The Labute approximate surface area is 126 Å². The Hall–Kier alpha value is -1.42. The summed E-state index contributed by atoms with van der Waals surface area (Å²) in [4.78, 5) is 23.3. The lowest BCUT2D eigenvalue weighted by Gasteiger charge is -2.41. The van der Waals surface area contributed by atoms with Crippen LogP contribution in [0.5, 0.6) is 0 Å². The molecule has 21 heavy (non-hydrogen) atoms. The highest BCUT2D eigenvalue weighted by Gasteiger charge is 2.59. The van der Waals surface area contributed by atoms with Crippen LogP contribution in [0.3, 0.4) is 0 Å². The maximum absolute atomic E-state index is 11.8. The number of hydrogen-bond acceptors (Lipinski definition) is 3. The van der Waals surface area contributed by atoms with Crippen LogP contribution in [-0.4, -0.2) is 25.9 Å². The van der Waals surface area contributed by atoms with Crippen molar-refractivity contribution >= 4 is 25.0 Å². The van der Waals surface area contributed by atoms with E-state index in [2.05, 4.69) is 37.4 Å². The molecule has 0 spiro atoms. The van der Waals surface area contributed by atoms with Gasteiger partial charge in [-0.3, -0.25) is 9.59 Å². The third kappa shape index (κ3) is 2.35. The lowest BCUT2D eigenvalue weighted by atomic mass is 9.75. The average molecular weight is 302 g/mol. The van der Waals surface area contributed by atoms with Crippen LogP contribution >= 0.6 is 0 Å². The van der Waals surface area contributed by atoms with E-state index in [0.717, 1.165) is 6.42 Å². The number of Topliss-reactive ketones (excluding diaryl/α,β-unsaturated/α-hetero) is 1. The number of ether oxygens (including phenoxy) is 1. The largest absolute Gasteiger partial charge is 0.463 e. The van der Waals surface area contributed by atoms with Crippen LogP contribution in [0.4, 0.5) is 0 Å². The highest BCUT2D eigenvalue weighted by Crippen LogP contribution is 2.56. The van der Waals surface area contributed by atoms with Crippen molar-refractivity contribution in [3.63, 3.8) is 0 Å². The molecule has 0 bridgehead atoms. The Morgan fingerprint density at radius 3 is 2.48 bits per heavy atom. The Morgan fingerprint density at radius 2 is 1.90 bits per heavy atom. The monoisotopic (exact) mass is 302 g/mol. The highest BCUT2D eigenvalue weighted by molar-refractivity contribution is 6.91. The van der Waals surface area contributed by atoms with E-state index in [9.17, 15) is 9.59 Å². The molecule has 2 aliphatic carbocycles. The molecule has 0 aromatic heterocycles. The van der Waals surface area contributed by atoms with Crippen LogP contribution in [0.25, 0.3) is 0 Å². The Balaban J connectivity index is 1.93.